The lowest BCUT2D eigenvalue weighted by Gasteiger charge is -2.13. The zero-order valence-corrected chi connectivity index (χ0v) is 10.5. The van der Waals surface area contributed by atoms with Crippen LogP contribution in [0.2, 0.25) is 0 Å². The van der Waals surface area contributed by atoms with Gasteiger partial charge in [0.1, 0.15) is 5.75 Å². The number of nitrogens with zero attached hydrogens (tertiary/aromatic N) is 1. The molecule has 0 amide bonds. The molecule has 0 fully saturated rings. The first-order chi connectivity index (χ1) is 7.69. The highest BCUT2D eigenvalue weighted by atomic mass is 16.5. The molecule has 0 bridgehead atoms. The fraction of sp³-hybridized carbons (Fsp3) is 0.615. The van der Waals surface area contributed by atoms with E-state index in [1.807, 2.05) is 19.9 Å². The highest BCUT2D eigenvalue weighted by molar-refractivity contribution is 5.37. The van der Waals surface area contributed by atoms with Gasteiger partial charge in [-0.2, -0.15) is 0 Å². The zero-order valence-electron chi connectivity index (χ0n) is 10.5. The number of hydrogen-bond acceptors (Lipinski definition) is 3. The molecular formula is C13H22N2O. The van der Waals surface area contributed by atoms with Crippen LogP contribution in [0.1, 0.15) is 43.1 Å². The molecule has 1 aromatic heterocycles. The molecule has 0 radical (unpaired) electrons. The Morgan fingerprint density at radius 1 is 1.31 bits per heavy atom. The second kappa shape index (κ2) is 6.48. The largest absolute Gasteiger partial charge is 0.493 e. The number of ether oxygens (including phenoxy) is 1. The highest BCUT2D eigenvalue weighted by Gasteiger charge is 2.07. The molecule has 1 heterocycles. The summed E-state index contributed by atoms with van der Waals surface area (Å²) in [5, 5.41) is 0. The normalized spacial score (nSPS) is 10.5. The van der Waals surface area contributed by atoms with E-state index in [2.05, 4.69) is 11.9 Å². The fourth-order valence-electron chi connectivity index (χ4n) is 1.73. The van der Waals surface area contributed by atoms with Crippen LogP contribution in [0.4, 0.5) is 0 Å². The van der Waals surface area contributed by atoms with Crippen molar-refractivity contribution in [2.45, 2.75) is 46.6 Å². The Morgan fingerprint density at radius 2 is 2.06 bits per heavy atom. The van der Waals surface area contributed by atoms with Crippen molar-refractivity contribution in [1.82, 2.24) is 4.98 Å². The van der Waals surface area contributed by atoms with Crippen molar-refractivity contribution in [3.8, 4) is 5.75 Å². The van der Waals surface area contributed by atoms with Crippen molar-refractivity contribution < 1.29 is 4.74 Å². The molecule has 0 aliphatic carbocycles. The Kier molecular flexibility index (Phi) is 5.26. The van der Waals surface area contributed by atoms with Crippen LogP contribution in [-0.4, -0.2) is 11.6 Å². The van der Waals surface area contributed by atoms with Gasteiger partial charge in [-0.15, -0.1) is 0 Å². The summed E-state index contributed by atoms with van der Waals surface area (Å²) in [6, 6.07) is 1.97. The molecule has 0 unspecified atom stereocenters. The van der Waals surface area contributed by atoms with Crippen molar-refractivity contribution in [2.24, 2.45) is 5.73 Å². The lowest BCUT2D eigenvalue weighted by molar-refractivity contribution is 0.302. The van der Waals surface area contributed by atoms with Gasteiger partial charge in [0.05, 0.1) is 6.61 Å². The average molecular weight is 222 g/mol. The fourth-order valence-corrected chi connectivity index (χ4v) is 1.73. The van der Waals surface area contributed by atoms with Gasteiger partial charge < -0.3 is 10.5 Å². The smallest absolute Gasteiger partial charge is 0.127 e. The Labute approximate surface area is 98.0 Å². The van der Waals surface area contributed by atoms with E-state index in [1.165, 1.54) is 12.8 Å². The summed E-state index contributed by atoms with van der Waals surface area (Å²) in [6.07, 6.45) is 3.52. The van der Waals surface area contributed by atoms with Crippen molar-refractivity contribution in [2.75, 3.05) is 6.61 Å². The van der Waals surface area contributed by atoms with E-state index in [1.54, 1.807) is 0 Å². The van der Waals surface area contributed by atoms with Gasteiger partial charge in [-0.3, -0.25) is 4.98 Å². The van der Waals surface area contributed by atoms with E-state index in [0.717, 1.165) is 35.7 Å². The van der Waals surface area contributed by atoms with Crippen LogP contribution < -0.4 is 10.5 Å². The first kappa shape index (κ1) is 13.0. The minimum atomic E-state index is 0.488. The molecule has 0 atom stereocenters. The minimum absolute atomic E-state index is 0.488. The number of rotatable bonds is 6. The number of aryl methyl sites for hydroxylation is 2. The van der Waals surface area contributed by atoms with Crippen LogP contribution in [0.25, 0.3) is 0 Å². The van der Waals surface area contributed by atoms with Crippen molar-refractivity contribution in [1.29, 1.82) is 0 Å². The number of unbranched alkanes of at least 4 members (excludes halogenated alkanes) is 2. The summed E-state index contributed by atoms with van der Waals surface area (Å²) in [5.41, 5.74) is 8.71. The number of pyridine rings is 1. The number of nitrogens with two attached hydrogens (primary N) is 1. The Balaban J connectivity index is 2.69. The van der Waals surface area contributed by atoms with Gasteiger partial charge in [0, 0.05) is 29.6 Å². The van der Waals surface area contributed by atoms with Crippen LogP contribution in [-0.2, 0) is 6.54 Å². The summed E-state index contributed by atoms with van der Waals surface area (Å²) >= 11 is 0. The lowest BCUT2D eigenvalue weighted by Crippen LogP contribution is -2.07. The second-order valence-electron chi connectivity index (χ2n) is 4.09. The SMILES string of the molecule is CCCCCOc1cc(C)nc(C)c1CN. The van der Waals surface area contributed by atoms with Gasteiger partial charge in [-0.1, -0.05) is 19.8 Å². The van der Waals surface area contributed by atoms with Gasteiger partial charge in [-0.05, 0) is 20.3 Å². The van der Waals surface area contributed by atoms with Gasteiger partial charge >= 0.3 is 0 Å². The van der Waals surface area contributed by atoms with E-state index in [0.29, 0.717) is 6.54 Å². The van der Waals surface area contributed by atoms with Crippen molar-refractivity contribution in [3.05, 3.63) is 23.0 Å². The van der Waals surface area contributed by atoms with E-state index in [4.69, 9.17) is 10.5 Å². The third-order valence-corrected chi connectivity index (χ3v) is 2.63. The van der Waals surface area contributed by atoms with Crippen LogP contribution in [0.15, 0.2) is 6.07 Å². The minimum Gasteiger partial charge on any atom is -0.493 e. The van der Waals surface area contributed by atoms with E-state index in [-0.39, 0.29) is 0 Å². The number of hydrogen-bond donors (Lipinski definition) is 1. The first-order valence-electron chi connectivity index (χ1n) is 5.99. The summed E-state index contributed by atoms with van der Waals surface area (Å²) in [5.74, 6) is 0.906. The molecule has 1 aromatic rings. The van der Waals surface area contributed by atoms with Gasteiger partial charge in [0.15, 0.2) is 0 Å². The molecule has 0 aliphatic heterocycles. The molecule has 0 spiro atoms. The zero-order chi connectivity index (χ0) is 12.0. The first-order valence-corrected chi connectivity index (χ1v) is 5.99. The molecule has 0 aromatic carbocycles. The molecule has 16 heavy (non-hydrogen) atoms. The van der Waals surface area contributed by atoms with Crippen LogP contribution >= 0.6 is 0 Å². The summed E-state index contributed by atoms with van der Waals surface area (Å²) in [6.45, 7) is 7.40. The van der Waals surface area contributed by atoms with Crippen LogP contribution in [0.5, 0.6) is 5.75 Å². The molecule has 3 heteroatoms. The number of aromatic nitrogens is 1. The Bertz CT molecular complexity index is 337. The van der Waals surface area contributed by atoms with E-state index < -0.39 is 0 Å². The van der Waals surface area contributed by atoms with Gasteiger partial charge in [-0.25, -0.2) is 0 Å². The van der Waals surface area contributed by atoms with Crippen LogP contribution in [0, 0.1) is 13.8 Å². The van der Waals surface area contributed by atoms with Crippen LogP contribution in [0.3, 0.4) is 0 Å². The van der Waals surface area contributed by atoms with E-state index in [9.17, 15) is 0 Å². The third kappa shape index (κ3) is 3.49. The Hall–Kier alpha value is -1.09. The molecule has 0 saturated heterocycles. The predicted octanol–water partition coefficient (Wildman–Crippen LogP) is 2.73. The molecule has 90 valence electrons. The summed E-state index contributed by atoms with van der Waals surface area (Å²) in [7, 11) is 0. The molecule has 0 aliphatic rings. The maximum atomic E-state index is 5.77. The molecule has 1 rings (SSSR count). The quantitative estimate of drug-likeness (QED) is 0.753. The van der Waals surface area contributed by atoms with E-state index >= 15 is 0 Å². The molecule has 0 saturated carbocycles. The highest BCUT2D eigenvalue weighted by Crippen LogP contribution is 2.21. The van der Waals surface area contributed by atoms with Crippen molar-refractivity contribution in [3.63, 3.8) is 0 Å². The predicted molar refractivity (Wildman–Crippen MR) is 66.6 cm³/mol. The maximum Gasteiger partial charge on any atom is 0.127 e. The third-order valence-electron chi connectivity index (χ3n) is 2.63. The molecule has 2 N–H and O–H groups in total. The molecule has 3 nitrogen and oxygen atoms in total. The van der Waals surface area contributed by atoms with Gasteiger partial charge in [0.25, 0.3) is 0 Å². The van der Waals surface area contributed by atoms with Gasteiger partial charge in [0.2, 0.25) is 0 Å². The standard InChI is InChI=1S/C13H22N2O/c1-4-5-6-7-16-13-8-10(2)15-11(3)12(13)9-14/h8H,4-7,9,14H2,1-3H3. The average Bonchev–Trinajstić information content (AvgIpc) is 2.24. The van der Waals surface area contributed by atoms with Crippen molar-refractivity contribution >= 4 is 0 Å². The summed E-state index contributed by atoms with van der Waals surface area (Å²) < 4.78 is 5.77. The molecular weight excluding hydrogens is 200 g/mol. The summed E-state index contributed by atoms with van der Waals surface area (Å²) in [4.78, 5) is 4.39. The second-order valence-corrected chi connectivity index (χ2v) is 4.09. The lowest BCUT2D eigenvalue weighted by atomic mass is 10.1. The Morgan fingerprint density at radius 3 is 2.69 bits per heavy atom. The maximum absolute atomic E-state index is 5.77. The monoisotopic (exact) mass is 222 g/mol. The topological polar surface area (TPSA) is 48.1 Å².